The maximum Gasteiger partial charge on any atom is 0.228 e. The van der Waals surface area contributed by atoms with Gasteiger partial charge < -0.3 is 15.0 Å². The second-order valence-electron chi connectivity index (χ2n) is 6.56. The van der Waals surface area contributed by atoms with Gasteiger partial charge in [-0.3, -0.25) is 9.59 Å². The predicted octanol–water partition coefficient (Wildman–Crippen LogP) is 1.69. The van der Waals surface area contributed by atoms with Crippen molar-refractivity contribution in [2.24, 2.45) is 0 Å². The molecule has 1 atom stereocenters. The van der Waals surface area contributed by atoms with Gasteiger partial charge in [0.15, 0.2) is 0 Å². The number of carbonyl (C=O) groups is 2. The van der Waals surface area contributed by atoms with Crippen molar-refractivity contribution in [1.29, 1.82) is 0 Å². The van der Waals surface area contributed by atoms with E-state index in [2.05, 4.69) is 5.32 Å². The maximum absolute atomic E-state index is 12.4. The van der Waals surface area contributed by atoms with E-state index in [4.69, 9.17) is 4.74 Å². The second-order valence-corrected chi connectivity index (χ2v) is 6.56. The molecule has 3 rings (SSSR count). The van der Waals surface area contributed by atoms with Gasteiger partial charge in [0.1, 0.15) is 0 Å². The summed E-state index contributed by atoms with van der Waals surface area (Å²) in [6.07, 6.45) is 2.93. The minimum Gasteiger partial charge on any atom is -0.384 e. The molecule has 1 aromatic carbocycles. The summed E-state index contributed by atoms with van der Waals surface area (Å²) in [7, 11) is 1.61. The summed E-state index contributed by atoms with van der Waals surface area (Å²) < 4.78 is 4.97. The van der Waals surface area contributed by atoms with Crippen LogP contribution in [0.4, 0.5) is 0 Å². The number of methoxy groups -OCH3 is 1. The van der Waals surface area contributed by atoms with Crippen LogP contribution >= 0.6 is 0 Å². The molecule has 0 radical (unpaired) electrons. The van der Waals surface area contributed by atoms with E-state index in [1.165, 1.54) is 0 Å². The average Bonchev–Trinajstić information content (AvgIpc) is 2.90. The van der Waals surface area contributed by atoms with Crippen LogP contribution in [0.25, 0.3) is 0 Å². The normalized spacial score (nSPS) is 23.1. The molecule has 2 amide bonds. The van der Waals surface area contributed by atoms with Crippen molar-refractivity contribution in [3.05, 3.63) is 35.9 Å². The molecule has 1 spiro atoms. The highest BCUT2D eigenvalue weighted by Gasteiger charge is 2.46. The molecule has 0 unspecified atom stereocenters. The van der Waals surface area contributed by atoms with Crippen LogP contribution < -0.4 is 5.32 Å². The van der Waals surface area contributed by atoms with Gasteiger partial charge in [0.2, 0.25) is 11.8 Å². The molecule has 0 aromatic heterocycles. The molecular weight excluding hydrogens is 292 g/mol. The first kappa shape index (κ1) is 16.0. The Morgan fingerprint density at radius 1 is 1.30 bits per heavy atom. The van der Waals surface area contributed by atoms with Crippen molar-refractivity contribution in [3.8, 4) is 0 Å². The van der Waals surface area contributed by atoms with Gasteiger partial charge in [0.25, 0.3) is 0 Å². The summed E-state index contributed by atoms with van der Waals surface area (Å²) in [4.78, 5) is 26.4. The zero-order valence-corrected chi connectivity index (χ0v) is 13.6. The minimum atomic E-state index is -0.143. The SMILES string of the molecule is COCCC(=O)N1CCC2(CC1)C[C@@H](c1ccccc1)C(=O)N2. The molecule has 2 aliphatic heterocycles. The van der Waals surface area contributed by atoms with Crippen LogP contribution in [0.5, 0.6) is 0 Å². The standard InChI is InChI=1S/C18H24N2O3/c1-23-12-7-16(21)20-10-8-18(9-11-20)13-15(17(22)19-18)14-5-3-2-4-6-14/h2-6,15H,7-13H2,1H3,(H,19,22)/t15-/m0/s1. The number of amides is 2. The predicted molar refractivity (Wildman–Crippen MR) is 87.0 cm³/mol. The van der Waals surface area contributed by atoms with E-state index in [1.807, 2.05) is 35.2 Å². The van der Waals surface area contributed by atoms with Crippen molar-refractivity contribution >= 4 is 11.8 Å². The number of ether oxygens (including phenoxy) is 1. The molecule has 2 saturated heterocycles. The number of piperidine rings is 1. The van der Waals surface area contributed by atoms with Gasteiger partial charge in [0.05, 0.1) is 18.9 Å². The molecule has 124 valence electrons. The molecule has 0 bridgehead atoms. The topological polar surface area (TPSA) is 58.6 Å². The van der Waals surface area contributed by atoms with E-state index in [9.17, 15) is 9.59 Å². The first-order valence-electron chi connectivity index (χ1n) is 8.27. The third-order valence-electron chi connectivity index (χ3n) is 5.09. The molecule has 0 aliphatic carbocycles. The monoisotopic (exact) mass is 316 g/mol. The number of hydrogen-bond acceptors (Lipinski definition) is 3. The number of nitrogens with zero attached hydrogens (tertiary/aromatic N) is 1. The molecular formula is C18H24N2O3. The van der Waals surface area contributed by atoms with Crippen LogP contribution in [0.1, 0.15) is 37.2 Å². The van der Waals surface area contributed by atoms with Crippen LogP contribution in [0.2, 0.25) is 0 Å². The average molecular weight is 316 g/mol. The molecule has 5 heteroatoms. The van der Waals surface area contributed by atoms with E-state index in [-0.39, 0.29) is 23.3 Å². The zero-order valence-electron chi connectivity index (χ0n) is 13.6. The highest BCUT2D eigenvalue weighted by atomic mass is 16.5. The Hall–Kier alpha value is -1.88. The highest BCUT2D eigenvalue weighted by Crippen LogP contribution is 2.39. The first-order chi connectivity index (χ1) is 11.1. The van der Waals surface area contributed by atoms with Crippen LogP contribution in [0.3, 0.4) is 0 Å². The summed E-state index contributed by atoms with van der Waals surface area (Å²) in [6, 6.07) is 9.96. The van der Waals surface area contributed by atoms with E-state index in [0.29, 0.717) is 26.1 Å². The summed E-state index contributed by atoms with van der Waals surface area (Å²) >= 11 is 0. The number of carbonyl (C=O) groups excluding carboxylic acids is 2. The largest absolute Gasteiger partial charge is 0.384 e. The number of benzene rings is 1. The second kappa shape index (κ2) is 6.71. The molecule has 2 heterocycles. The minimum absolute atomic E-state index is 0.0630. The Bertz CT molecular complexity index is 565. The van der Waals surface area contributed by atoms with E-state index in [1.54, 1.807) is 7.11 Å². The highest BCUT2D eigenvalue weighted by molar-refractivity contribution is 5.87. The summed E-state index contributed by atoms with van der Waals surface area (Å²) in [5, 5.41) is 3.22. The quantitative estimate of drug-likeness (QED) is 0.919. The lowest BCUT2D eigenvalue weighted by atomic mass is 9.82. The van der Waals surface area contributed by atoms with Crippen molar-refractivity contribution in [3.63, 3.8) is 0 Å². The van der Waals surface area contributed by atoms with Gasteiger partial charge in [-0.25, -0.2) is 0 Å². The molecule has 5 nitrogen and oxygen atoms in total. The van der Waals surface area contributed by atoms with E-state index in [0.717, 1.165) is 24.8 Å². The van der Waals surface area contributed by atoms with Crippen molar-refractivity contribution in [2.75, 3.05) is 26.8 Å². The van der Waals surface area contributed by atoms with Gasteiger partial charge in [-0.15, -0.1) is 0 Å². The summed E-state index contributed by atoms with van der Waals surface area (Å²) in [6.45, 7) is 1.89. The summed E-state index contributed by atoms with van der Waals surface area (Å²) in [5.41, 5.74) is 0.941. The Kier molecular flexibility index (Phi) is 4.66. The number of likely N-dealkylation sites (tertiary alicyclic amines) is 1. The van der Waals surface area contributed by atoms with Crippen LogP contribution in [0.15, 0.2) is 30.3 Å². The van der Waals surface area contributed by atoms with E-state index >= 15 is 0 Å². The van der Waals surface area contributed by atoms with Crippen molar-refractivity contribution in [2.45, 2.75) is 37.1 Å². The van der Waals surface area contributed by atoms with Crippen LogP contribution in [-0.4, -0.2) is 49.1 Å². The van der Waals surface area contributed by atoms with Gasteiger partial charge in [-0.05, 0) is 24.8 Å². The Morgan fingerprint density at radius 2 is 2.00 bits per heavy atom. The third kappa shape index (κ3) is 3.39. The fraction of sp³-hybridized carbons (Fsp3) is 0.556. The number of hydrogen-bond donors (Lipinski definition) is 1. The molecule has 1 aromatic rings. The zero-order chi connectivity index (χ0) is 16.3. The maximum atomic E-state index is 12.4. The van der Waals surface area contributed by atoms with Gasteiger partial charge >= 0.3 is 0 Å². The van der Waals surface area contributed by atoms with Gasteiger partial charge in [0, 0.05) is 25.7 Å². The molecule has 1 N–H and O–H groups in total. The molecule has 0 saturated carbocycles. The summed E-state index contributed by atoms with van der Waals surface area (Å²) in [5.74, 6) is 0.202. The lowest BCUT2D eigenvalue weighted by Crippen LogP contribution is -2.52. The van der Waals surface area contributed by atoms with Crippen LogP contribution in [0, 0.1) is 0 Å². The molecule has 23 heavy (non-hydrogen) atoms. The van der Waals surface area contributed by atoms with Gasteiger partial charge in [-0.2, -0.15) is 0 Å². The van der Waals surface area contributed by atoms with Gasteiger partial charge in [-0.1, -0.05) is 30.3 Å². The molecule has 2 aliphatic rings. The lowest BCUT2D eigenvalue weighted by molar-refractivity contribution is -0.133. The Labute approximate surface area is 137 Å². The number of nitrogens with one attached hydrogen (secondary N) is 1. The fourth-order valence-corrected chi connectivity index (χ4v) is 3.70. The number of rotatable bonds is 4. The lowest BCUT2D eigenvalue weighted by Gasteiger charge is -2.39. The van der Waals surface area contributed by atoms with Crippen molar-refractivity contribution < 1.29 is 14.3 Å². The Balaban J connectivity index is 1.61. The van der Waals surface area contributed by atoms with E-state index < -0.39 is 0 Å². The Morgan fingerprint density at radius 3 is 2.65 bits per heavy atom. The third-order valence-corrected chi connectivity index (χ3v) is 5.09. The van der Waals surface area contributed by atoms with Crippen LogP contribution in [-0.2, 0) is 14.3 Å². The fourth-order valence-electron chi connectivity index (χ4n) is 3.70. The van der Waals surface area contributed by atoms with Crippen molar-refractivity contribution in [1.82, 2.24) is 10.2 Å². The molecule has 2 fully saturated rings. The smallest absolute Gasteiger partial charge is 0.228 e. The first-order valence-corrected chi connectivity index (χ1v) is 8.27.